The Morgan fingerprint density at radius 3 is 2.43 bits per heavy atom. The fourth-order valence-electron chi connectivity index (χ4n) is 2.16. The fraction of sp³-hybridized carbons (Fsp3) is 0.389. The van der Waals surface area contributed by atoms with Gasteiger partial charge in [0.25, 0.3) is 0 Å². The van der Waals surface area contributed by atoms with Gasteiger partial charge in [-0.15, -0.1) is 0 Å². The van der Waals surface area contributed by atoms with Gasteiger partial charge in [0, 0.05) is 17.2 Å². The third kappa shape index (κ3) is 3.81. The maximum absolute atomic E-state index is 12.9. The molecule has 1 aromatic carbocycles. The van der Waals surface area contributed by atoms with E-state index in [9.17, 15) is 4.39 Å². The van der Waals surface area contributed by atoms with E-state index in [4.69, 9.17) is 0 Å². The number of halogens is 1. The number of alkyl halides is 1. The monoisotopic (exact) mass is 286 g/mol. The Labute approximate surface area is 126 Å². The predicted octanol–water partition coefficient (Wildman–Crippen LogP) is 4.88. The molecule has 0 aliphatic heterocycles. The van der Waals surface area contributed by atoms with Gasteiger partial charge >= 0.3 is 0 Å². The van der Waals surface area contributed by atoms with Gasteiger partial charge in [0.1, 0.15) is 6.67 Å². The molecule has 0 N–H and O–H groups in total. The lowest BCUT2D eigenvalue weighted by atomic mass is 9.89. The van der Waals surface area contributed by atoms with Crippen LogP contribution in [0.25, 0.3) is 12.2 Å². The molecule has 1 unspecified atom stereocenters. The van der Waals surface area contributed by atoms with Crippen molar-refractivity contribution in [3.63, 3.8) is 0 Å². The molecule has 0 fully saturated rings. The predicted molar refractivity (Wildman–Crippen MR) is 87.0 cm³/mol. The van der Waals surface area contributed by atoms with Crippen LogP contribution in [0.1, 0.15) is 50.6 Å². The summed E-state index contributed by atoms with van der Waals surface area (Å²) in [7, 11) is 0. The van der Waals surface area contributed by atoms with Crippen molar-refractivity contribution in [1.29, 1.82) is 0 Å². The van der Waals surface area contributed by atoms with Crippen LogP contribution in [0.5, 0.6) is 0 Å². The molecule has 1 atom stereocenters. The Morgan fingerprint density at radius 2 is 1.86 bits per heavy atom. The summed E-state index contributed by atoms with van der Waals surface area (Å²) in [5.74, 6) is 0. The minimum Gasteiger partial charge on any atom is -0.266 e. The first-order valence-electron chi connectivity index (χ1n) is 7.30. The summed E-state index contributed by atoms with van der Waals surface area (Å²) in [4.78, 5) is 0. The molecular weight excluding hydrogens is 263 g/mol. The molecule has 3 heteroatoms. The van der Waals surface area contributed by atoms with Crippen LogP contribution >= 0.6 is 0 Å². The summed E-state index contributed by atoms with van der Waals surface area (Å²) >= 11 is 0. The van der Waals surface area contributed by atoms with E-state index in [-0.39, 0.29) is 11.5 Å². The van der Waals surface area contributed by atoms with Gasteiger partial charge in [-0.3, -0.25) is 4.68 Å². The zero-order valence-electron chi connectivity index (χ0n) is 13.2. The minimum absolute atomic E-state index is 0.0718. The van der Waals surface area contributed by atoms with Gasteiger partial charge in [-0.1, -0.05) is 63.3 Å². The van der Waals surface area contributed by atoms with Gasteiger partial charge in [0.2, 0.25) is 0 Å². The normalized spacial score (nSPS) is 13.8. The topological polar surface area (TPSA) is 17.8 Å². The third-order valence-electron chi connectivity index (χ3n) is 3.40. The van der Waals surface area contributed by atoms with Crippen molar-refractivity contribution in [1.82, 2.24) is 9.78 Å². The number of hydrogen-bond donors (Lipinski definition) is 0. The number of rotatable bonds is 4. The molecule has 1 aromatic heterocycles. The lowest BCUT2D eigenvalue weighted by molar-refractivity contribution is 0.351. The zero-order chi connectivity index (χ0) is 15.5. The Morgan fingerprint density at radius 1 is 1.19 bits per heavy atom. The van der Waals surface area contributed by atoms with Crippen LogP contribution in [0.2, 0.25) is 0 Å². The highest BCUT2D eigenvalue weighted by molar-refractivity contribution is 5.70. The van der Waals surface area contributed by atoms with E-state index in [1.165, 1.54) is 0 Å². The SMILES string of the molecule is CC(CF)n1cc(/C=C/c2ccccc2)c(C(C)(C)C)n1. The van der Waals surface area contributed by atoms with Crippen molar-refractivity contribution in [2.75, 3.05) is 6.67 Å². The summed E-state index contributed by atoms with van der Waals surface area (Å²) in [5.41, 5.74) is 3.11. The van der Waals surface area contributed by atoms with E-state index in [2.05, 4.69) is 50.2 Å². The van der Waals surface area contributed by atoms with Crippen LogP contribution in [0, 0.1) is 0 Å². The van der Waals surface area contributed by atoms with Crippen molar-refractivity contribution in [3.05, 3.63) is 53.3 Å². The molecule has 2 nitrogen and oxygen atoms in total. The standard InChI is InChI=1S/C18H23FN2/c1-14(12-19)21-13-16(17(20-21)18(2,3)4)11-10-15-8-6-5-7-9-15/h5-11,13-14H,12H2,1-4H3/b11-10+. The Kier molecular flexibility index (Phi) is 4.61. The average molecular weight is 286 g/mol. The molecule has 112 valence electrons. The van der Waals surface area contributed by atoms with E-state index >= 15 is 0 Å². The van der Waals surface area contributed by atoms with Gasteiger partial charge in [-0.05, 0) is 12.5 Å². The maximum atomic E-state index is 12.9. The largest absolute Gasteiger partial charge is 0.266 e. The summed E-state index contributed by atoms with van der Waals surface area (Å²) in [6, 6.07) is 9.91. The van der Waals surface area contributed by atoms with Crippen molar-refractivity contribution < 1.29 is 4.39 Å². The molecule has 2 aromatic rings. The van der Waals surface area contributed by atoms with Crippen LogP contribution < -0.4 is 0 Å². The number of aromatic nitrogens is 2. The Bertz CT molecular complexity index is 606. The molecule has 2 rings (SSSR count). The van der Waals surface area contributed by atoms with Gasteiger partial charge in [0.05, 0.1) is 11.7 Å². The molecule has 0 bridgehead atoms. The minimum atomic E-state index is -0.410. The molecule has 0 amide bonds. The molecule has 21 heavy (non-hydrogen) atoms. The highest BCUT2D eigenvalue weighted by Crippen LogP contribution is 2.27. The number of benzene rings is 1. The second-order valence-electron chi connectivity index (χ2n) is 6.41. The van der Waals surface area contributed by atoms with Crippen LogP contribution in [0.15, 0.2) is 36.5 Å². The lowest BCUT2D eigenvalue weighted by Gasteiger charge is -2.16. The third-order valence-corrected chi connectivity index (χ3v) is 3.40. The Hall–Kier alpha value is -1.90. The van der Waals surface area contributed by atoms with Gasteiger partial charge < -0.3 is 0 Å². The second-order valence-corrected chi connectivity index (χ2v) is 6.41. The molecule has 0 saturated carbocycles. The molecule has 1 heterocycles. The lowest BCUT2D eigenvalue weighted by Crippen LogP contribution is -2.15. The average Bonchev–Trinajstić information content (AvgIpc) is 2.90. The number of hydrogen-bond acceptors (Lipinski definition) is 1. The van der Waals surface area contributed by atoms with E-state index in [0.29, 0.717) is 0 Å². The fourth-order valence-corrected chi connectivity index (χ4v) is 2.16. The summed E-state index contributed by atoms with van der Waals surface area (Å²) in [6.07, 6.45) is 6.06. The molecule has 0 saturated heterocycles. The first-order chi connectivity index (χ1) is 9.91. The van der Waals surface area contributed by atoms with Gasteiger partial charge in [-0.25, -0.2) is 4.39 Å². The quantitative estimate of drug-likeness (QED) is 0.783. The first kappa shape index (κ1) is 15.5. The maximum Gasteiger partial charge on any atom is 0.112 e. The Balaban J connectivity index is 2.37. The van der Waals surface area contributed by atoms with Crippen molar-refractivity contribution >= 4 is 12.2 Å². The number of nitrogens with zero attached hydrogens (tertiary/aromatic N) is 2. The molecule has 0 aliphatic carbocycles. The van der Waals surface area contributed by atoms with Crippen LogP contribution in [0.3, 0.4) is 0 Å². The smallest absolute Gasteiger partial charge is 0.112 e. The van der Waals surface area contributed by atoms with Crippen LogP contribution in [-0.2, 0) is 5.41 Å². The second kappa shape index (κ2) is 6.25. The van der Waals surface area contributed by atoms with E-state index in [1.807, 2.05) is 31.3 Å². The first-order valence-corrected chi connectivity index (χ1v) is 7.30. The van der Waals surface area contributed by atoms with Gasteiger partial charge in [-0.2, -0.15) is 5.10 Å². The molecule has 0 radical (unpaired) electrons. The molecule has 0 aliphatic rings. The van der Waals surface area contributed by atoms with Crippen LogP contribution in [-0.4, -0.2) is 16.5 Å². The van der Waals surface area contributed by atoms with Crippen LogP contribution in [0.4, 0.5) is 4.39 Å². The molecule has 0 spiro atoms. The summed E-state index contributed by atoms with van der Waals surface area (Å²) in [6.45, 7) is 7.80. The highest BCUT2D eigenvalue weighted by atomic mass is 19.1. The summed E-state index contributed by atoms with van der Waals surface area (Å²) in [5, 5.41) is 4.59. The van der Waals surface area contributed by atoms with E-state index in [0.717, 1.165) is 16.8 Å². The van der Waals surface area contributed by atoms with Crippen molar-refractivity contribution in [2.24, 2.45) is 0 Å². The summed E-state index contributed by atoms with van der Waals surface area (Å²) < 4.78 is 14.6. The van der Waals surface area contributed by atoms with E-state index < -0.39 is 6.67 Å². The van der Waals surface area contributed by atoms with Crippen molar-refractivity contribution in [3.8, 4) is 0 Å². The molecular formula is C18H23FN2. The van der Waals surface area contributed by atoms with Crippen molar-refractivity contribution in [2.45, 2.75) is 39.2 Å². The van der Waals surface area contributed by atoms with E-state index in [1.54, 1.807) is 4.68 Å². The zero-order valence-corrected chi connectivity index (χ0v) is 13.2. The highest BCUT2D eigenvalue weighted by Gasteiger charge is 2.22. The van der Waals surface area contributed by atoms with Gasteiger partial charge in [0.15, 0.2) is 0 Å².